The summed E-state index contributed by atoms with van der Waals surface area (Å²) in [5.74, 6) is 1.78. The molecule has 4 aliphatic rings. The first-order valence-electron chi connectivity index (χ1n) is 20.2. The highest BCUT2D eigenvalue weighted by Gasteiger charge is 2.52. The molecule has 0 spiro atoms. The van der Waals surface area contributed by atoms with E-state index in [0.717, 1.165) is 73.7 Å². The minimum atomic E-state index is -0.699. The van der Waals surface area contributed by atoms with E-state index in [1.54, 1.807) is 11.3 Å². The van der Waals surface area contributed by atoms with Crippen LogP contribution in [0.4, 0.5) is 4.79 Å². The molecule has 2 saturated heterocycles. The molecule has 2 aromatic carbocycles. The number of H-pyrrole nitrogens is 1. The maximum Gasteiger partial charge on any atom is 0.494 e. The third-order valence-corrected chi connectivity index (χ3v) is 14.0. The number of aromatic amines is 1. The van der Waals surface area contributed by atoms with Gasteiger partial charge in [-0.3, -0.25) is 9.36 Å². The van der Waals surface area contributed by atoms with Crippen molar-refractivity contribution in [2.75, 3.05) is 13.7 Å². The summed E-state index contributed by atoms with van der Waals surface area (Å²) in [6.45, 7) is 14.9. The molecule has 12 nitrogen and oxygen atoms in total. The van der Waals surface area contributed by atoms with Gasteiger partial charge in [0, 0.05) is 35.2 Å². The molecule has 298 valence electrons. The number of rotatable bonds is 8. The number of imidazole rings is 1. The Morgan fingerprint density at radius 3 is 2.49 bits per heavy atom. The van der Waals surface area contributed by atoms with Gasteiger partial charge in [0.15, 0.2) is 0 Å². The predicted molar refractivity (Wildman–Crippen MR) is 221 cm³/mol. The Kier molecular flexibility index (Phi) is 9.32. The molecule has 9 rings (SSSR count). The van der Waals surface area contributed by atoms with Crippen molar-refractivity contribution in [3.8, 4) is 28.3 Å². The van der Waals surface area contributed by atoms with E-state index in [-0.39, 0.29) is 17.9 Å². The SMILES string of the molecule is COC(=O)N[C@H](C(=O)N1CCC[C@H]1c1ncc(-c2cc(C)c3c(c2)OC(c2cnc(C4CCC4)s2)n2c-3cc3cc(B4OC(C)(C)C(C)(C)O4)ccc32)[nH]1)C(C)C. The van der Waals surface area contributed by atoms with Crippen LogP contribution < -0.4 is 15.5 Å². The maximum atomic E-state index is 13.8. The molecule has 3 atom stereocenters. The first-order valence-corrected chi connectivity index (χ1v) is 21.0. The number of aromatic nitrogens is 4. The second-order valence-electron chi connectivity index (χ2n) is 17.4. The Morgan fingerprint density at radius 2 is 1.79 bits per heavy atom. The zero-order chi connectivity index (χ0) is 40.0. The lowest BCUT2D eigenvalue weighted by Gasteiger charge is -2.32. The summed E-state index contributed by atoms with van der Waals surface area (Å²) in [4.78, 5) is 42.1. The molecule has 2 amide bonds. The van der Waals surface area contributed by atoms with Crippen molar-refractivity contribution in [1.29, 1.82) is 0 Å². The molecule has 14 heteroatoms. The summed E-state index contributed by atoms with van der Waals surface area (Å²) < 4.78 is 27.1. The number of carbonyl (C=O) groups is 2. The topological polar surface area (TPSA) is 133 Å². The number of methoxy groups -OCH3 is 1. The van der Waals surface area contributed by atoms with Gasteiger partial charge in [-0.2, -0.15) is 0 Å². The Morgan fingerprint density at radius 1 is 1.02 bits per heavy atom. The van der Waals surface area contributed by atoms with E-state index in [1.165, 1.54) is 31.4 Å². The molecule has 3 fully saturated rings. The summed E-state index contributed by atoms with van der Waals surface area (Å²) in [6, 6.07) is 12.1. The van der Waals surface area contributed by atoms with Crippen molar-refractivity contribution >= 4 is 46.8 Å². The smallest absolute Gasteiger partial charge is 0.464 e. The number of benzene rings is 2. The van der Waals surface area contributed by atoms with Crippen LogP contribution in [0.25, 0.3) is 33.4 Å². The van der Waals surface area contributed by atoms with Crippen LogP contribution in [0, 0.1) is 12.8 Å². The number of nitrogens with zero attached hydrogens (tertiary/aromatic N) is 4. The summed E-state index contributed by atoms with van der Waals surface area (Å²) in [5.41, 5.74) is 6.14. The summed E-state index contributed by atoms with van der Waals surface area (Å²) in [6.07, 6.45) is 8.05. The van der Waals surface area contributed by atoms with Crippen LogP contribution >= 0.6 is 11.3 Å². The normalized spacial score (nSPS) is 21.6. The third kappa shape index (κ3) is 6.44. The Balaban J connectivity index is 1.07. The number of fused-ring (bicyclic) bond motifs is 5. The quantitative estimate of drug-likeness (QED) is 0.151. The molecule has 1 aliphatic carbocycles. The number of hydrogen-bond donors (Lipinski definition) is 2. The number of hydrogen-bond acceptors (Lipinski definition) is 9. The molecule has 1 saturated carbocycles. The molecule has 3 aliphatic heterocycles. The molecule has 5 aromatic rings. The largest absolute Gasteiger partial charge is 0.494 e. The van der Waals surface area contributed by atoms with E-state index in [4.69, 9.17) is 28.8 Å². The van der Waals surface area contributed by atoms with Crippen LogP contribution in [0.15, 0.2) is 48.8 Å². The van der Waals surface area contributed by atoms with Gasteiger partial charge in [-0.25, -0.2) is 14.8 Å². The van der Waals surface area contributed by atoms with Crippen LogP contribution in [0.5, 0.6) is 5.75 Å². The summed E-state index contributed by atoms with van der Waals surface area (Å²) in [5, 5.41) is 5.00. The second kappa shape index (κ2) is 14.0. The molecule has 3 aromatic heterocycles. The molecule has 6 heterocycles. The van der Waals surface area contributed by atoms with Crippen LogP contribution in [0.2, 0.25) is 0 Å². The lowest BCUT2D eigenvalue weighted by molar-refractivity contribution is -0.135. The average molecular weight is 791 g/mol. The minimum Gasteiger partial charge on any atom is -0.464 e. The fourth-order valence-corrected chi connectivity index (χ4v) is 9.73. The summed E-state index contributed by atoms with van der Waals surface area (Å²) in [7, 11) is 0.839. The van der Waals surface area contributed by atoms with Crippen LogP contribution in [0.3, 0.4) is 0 Å². The fourth-order valence-electron chi connectivity index (χ4n) is 8.62. The van der Waals surface area contributed by atoms with Gasteiger partial charge < -0.3 is 34.0 Å². The summed E-state index contributed by atoms with van der Waals surface area (Å²) >= 11 is 1.75. The van der Waals surface area contributed by atoms with Crippen molar-refractivity contribution in [3.05, 3.63) is 70.1 Å². The predicted octanol–water partition coefficient (Wildman–Crippen LogP) is 8.01. The van der Waals surface area contributed by atoms with E-state index < -0.39 is 36.7 Å². The maximum absolute atomic E-state index is 13.8. The standard InChI is InChI=1S/C43H51BN6O6S/c1-23(2)36(48-41(52)53-8)39(51)49-16-10-13-31(49)37-45-21-29(47-37)26-17-24(3)35-32-19-27-18-28(44-55-42(4,5)43(6,7)56-44)14-15-30(27)50(32)40(54-33(35)20-26)34-22-46-38(57-34)25-11-9-12-25/h14-15,17-23,25,31,36,40H,9-13,16H2,1-8H3,(H,45,47)(H,48,52)/t31-,36-,40?/m0/s1. The van der Waals surface area contributed by atoms with Gasteiger partial charge in [-0.1, -0.05) is 32.4 Å². The Bertz CT molecular complexity index is 2360. The first kappa shape index (κ1) is 37.9. The van der Waals surface area contributed by atoms with Crippen LogP contribution in [0.1, 0.15) is 113 Å². The highest BCUT2D eigenvalue weighted by atomic mass is 32.1. The van der Waals surface area contributed by atoms with E-state index in [0.29, 0.717) is 12.5 Å². The van der Waals surface area contributed by atoms with Gasteiger partial charge in [0.25, 0.3) is 0 Å². The fraction of sp³-hybridized carbons (Fsp3) is 0.488. The molecular weight excluding hydrogens is 739 g/mol. The van der Waals surface area contributed by atoms with Crippen LogP contribution in [-0.4, -0.2) is 74.4 Å². The zero-order valence-electron chi connectivity index (χ0n) is 34.0. The van der Waals surface area contributed by atoms with Crippen molar-refractivity contribution in [2.45, 2.75) is 116 Å². The van der Waals surface area contributed by atoms with Gasteiger partial charge >= 0.3 is 13.2 Å². The second-order valence-corrected chi connectivity index (χ2v) is 18.5. The average Bonchev–Trinajstić information content (AvgIpc) is 3.98. The Hall–Kier alpha value is -4.66. The van der Waals surface area contributed by atoms with Crippen molar-refractivity contribution in [2.24, 2.45) is 5.92 Å². The highest BCUT2D eigenvalue weighted by molar-refractivity contribution is 7.11. The van der Waals surface area contributed by atoms with E-state index >= 15 is 0 Å². The number of alkyl carbamates (subject to hydrolysis) is 1. The van der Waals surface area contributed by atoms with Crippen molar-refractivity contribution in [3.63, 3.8) is 0 Å². The molecule has 57 heavy (non-hydrogen) atoms. The zero-order valence-corrected chi connectivity index (χ0v) is 34.8. The number of amides is 2. The molecule has 1 unspecified atom stereocenters. The van der Waals surface area contributed by atoms with Gasteiger partial charge in [0.05, 0.1) is 57.3 Å². The molecular formula is C43H51BN6O6S. The lowest BCUT2D eigenvalue weighted by atomic mass is 9.78. The number of likely N-dealkylation sites (tertiary alicyclic amines) is 1. The Labute approximate surface area is 337 Å². The van der Waals surface area contributed by atoms with Gasteiger partial charge in [-0.15, -0.1) is 11.3 Å². The number of carbonyl (C=O) groups excluding carboxylic acids is 2. The molecule has 0 bridgehead atoms. The van der Waals surface area contributed by atoms with Gasteiger partial charge in [0.2, 0.25) is 12.1 Å². The van der Waals surface area contributed by atoms with E-state index in [9.17, 15) is 9.59 Å². The minimum absolute atomic E-state index is 0.113. The van der Waals surface area contributed by atoms with E-state index in [1.807, 2.05) is 31.1 Å². The number of nitrogens with one attached hydrogen (secondary N) is 2. The molecule has 0 radical (unpaired) electrons. The van der Waals surface area contributed by atoms with Crippen molar-refractivity contribution < 1.29 is 28.4 Å². The highest BCUT2D eigenvalue weighted by Crippen LogP contribution is 2.49. The lowest BCUT2D eigenvalue weighted by Crippen LogP contribution is -2.51. The van der Waals surface area contributed by atoms with E-state index in [2.05, 4.69) is 85.9 Å². The van der Waals surface area contributed by atoms with Gasteiger partial charge in [-0.05, 0) is 102 Å². The monoisotopic (exact) mass is 790 g/mol. The number of thiazole rings is 1. The third-order valence-electron chi connectivity index (χ3n) is 12.8. The number of ether oxygens (including phenoxy) is 2. The number of aryl methyl sites for hydroxylation is 1. The van der Waals surface area contributed by atoms with Crippen molar-refractivity contribution in [1.82, 2.24) is 29.7 Å². The first-order chi connectivity index (χ1) is 27.2. The molecule has 2 N–H and O–H groups in total. The van der Waals surface area contributed by atoms with Gasteiger partial charge in [0.1, 0.15) is 17.6 Å². The van der Waals surface area contributed by atoms with Crippen LogP contribution in [-0.2, 0) is 18.8 Å².